The number of alkyl halides is 3. The summed E-state index contributed by atoms with van der Waals surface area (Å²) < 4.78 is 44.7. The maximum absolute atomic E-state index is 13.1. The van der Waals surface area contributed by atoms with Gasteiger partial charge >= 0.3 is 6.18 Å². The molecule has 1 aliphatic rings. The van der Waals surface area contributed by atoms with E-state index in [2.05, 4.69) is 10.6 Å². The second kappa shape index (κ2) is 7.81. The lowest BCUT2D eigenvalue weighted by molar-refractivity contribution is -0.137. The zero-order valence-electron chi connectivity index (χ0n) is 14.2. The van der Waals surface area contributed by atoms with Crippen LogP contribution >= 0.6 is 23.2 Å². The molecule has 2 aromatic carbocycles. The van der Waals surface area contributed by atoms with Crippen LogP contribution in [0.25, 0.3) is 0 Å². The van der Waals surface area contributed by atoms with Crippen LogP contribution in [0, 0.1) is 11.3 Å². The van der Waals surface area contributed by atoms with Gasteiger partial charge in [0.2, 0.25) is 0 Å². The Hall–Kier alpha value is -2.96. The quantitative estimate of drug-likeness (QED) is 0.731. The lowest BCUT2D eigenvalue weighted by atomic mass is 10.0. The molecule has 150 valence electrons. The van der Waals surface area contributed by atoms with Crippen LogP contribution in [0.15, 0.2) is 30.3 Å². The molecule has 2 N–H and O–H groups in total. The Morgan fingerprint density at radius 3 is 2.66 bits per heavy atom. The summed E-state index contributed by atoms with van der Waals surface area (Å²) in [5.74, 6) is -1.45. The third kappa shape index (κ3) is 4.23. The first-order chi connectivity index (χ1) is 13.6. The molecule has 0 spiro atoms. The van der Waals surface area contributed by atoms with Gasteiger partial charge in [-0.2, -0.15) is 18.4 Å². The molecule has 0 fully saturated rings. The van der Waals surface area contributed by atoms with Crippen LogP contribution in [0.5, 0.6) is 5.75 Å². The van der Waals surface area contributed by atoms with Crippen molar-refractivity contribution in [3.63, 3.8) is 0 Å². The van der Waals surface area contributed by atoms with Gasteiger partial charge in [-0.15, -0.1) is 0 Å². The average molecular weight is 444 g/mol. The van der Waals surface area contributed by atoms with Gasteiger partial charge in [-0.25, -0.2) is 0 Å². The highest BCUT2D eigenvalue weighted by molar-refractivity contribution is 6.43. The molecule has 2 amide bonds. The van der Waals surface area contributed by atoms with E-state index in [9.17, 15) is 22.8 Å². The van der Waals surface area contributed by atoms with Crippen molar-refractivity contribution in [2.24, 2.45) is 0 Å². The van der Waals surface area contributed by atoms with Crippen LogP contribution in [0.1, 0.15) is 22.7 Å². The van der Waals surface area contributed by atoms with E-state index in [0.717, 1.165) is 12.1 Å². The largest absolute Gasteiger partial charge is 0.482 e. The van der Waals surface area contributed by atoms with E-state index in [1.165, 1.54) is 18.2 Å². The standard InChI is InChI=1S/C18H10Cl2F3N3O3/c19-12-4-3-10-15(26-13(27)7-29-16(10)14(12)20)17(28)25-9-2-1-8(6-24)11(5-9)18(21,22)23/h1-5,15H,7H2,(H,25,28)(H,26,27). The fourth-order valence-corrected chi connectivity index (χ4v) is 3.09. The predicted molar refractivity (Wildman–Crippen MR) is 97.6 cm³/mol. The molecule has 0 aliphatic carbocycles. The maximum atomic E-state index is 13.1. The van der Waals surface area contributed by atoms with Gasteiger partial charge in [-0.05, 0) is 24.3 Å². The Bertz CT molecular complexity index is 1050. The number of rotatable bonds is 2. The number of fused-ring (bicyclic) bond motifs is 1. The number of nitriles is 1. The molecule has 0 saturated carbocycles. The maximum Gasteiger partial charge on any atom is 0.417 e. The molecule has 0 radical (unpaired) electrons. The van der Waals surface area contributed by atoms with E-state index in [1.54, 1.807) is 0 Å². The summed E-state index contributed by atoms with van der Waals surface area (Å²) in [5, 5.41) is 13.7. The van der Waals surface area contributed by atoms with Gasteiger partial charge < -0.3 is 15.4 Å². The van der Waals surface area contributed by atoms with Gasteiger partial charge in [-0.1, -0.05) is 29.3 Å². The predicted octanol–water partition coefficient (Wildman–Crippen LogP) is 4.07. The smallest absolute Gasteiger partial charge is 0.417 e. The molecule has 11 heteroatoms. The summed E-state index contributed by atoms with van der Waals surface area (Å²) in [6, 6.07) is 5.70. The highest BCUT2D eigenvalue weighted by Crippen LogP contribution is 2.39. The lowest BCUT2D eigenvalue weighted by Crippen LogP contribution is -2.37. The number of nitrogens with one attached hydrogen (secondary N) is 2. The van der Waals surface area contributed by atoms with Crippen molar-refractivity contribution in [2.75, 3.05) is 11.9 Å². The highest BCUT2D eigenvalue weighted by atomic mass is 35.5. The third-order valence-corrected chi connectivity index (χ3v) is 4.81. The van der Waals surface area contributed by atoms with E-state index >= 15 is 0 Å². The molecule has 1 aliphatic heterocycles. The van der Waals surface area contributed by atoms with E-state index in [-0.39, 0.29) is 27.0 Å². The summed E-state index contributed by atoms with van der Waals surface area (Å²) in [6.07, 6.45) is -4.78. The van der Waals surface area contributed by atoms with Crippen LogP contribution in [-0.4, -0.2) is 18.4 Å². The minimum Gasteiger partial charge on any atom is -0.482 e. The fraction of sp³-hybridized carbons (Fsp3) is 0.167. The number of hydrogen-bond donors (Lipinski definition) is 2. The van der Waals surface area contributed by atoms with Crippen molar-refractivity contribution >= 4 is 40.7 Å². The molecular weight excluding hydrogens is 434 g/mol. The molecule has 3 rings (SSSR count). The van der Waals surface area contributed by atoms with Crippen molar-refractivity contribution in [1.82, 2.24) is 5.32 Å². The van der Waals surface area contributed by atoms with Gasteiger partial charge in [0.1, 0.15) is 16.8 Å². The fourth-order valence-electron chi connectivity index (χ4n) is 2.71. The van der Waals surface area contributed by atoms with Crippen LogP contribution in [0.4, 0.5) is 18.9 Å². The molecule has 2 aromatic rings. The molecule has 1 atom stereocenters. The third-order valence-electron chi connectivity index (χ3n) is 4.02. The Morgan fingerprint density at radius 2 is 2.00 bits per heavy atom. The average Bonchev–Trinajstić information content (AvgIpc) is 2.83. The van der Waals surface area contributed by atoms with E-state index in [4.69, 9.17) is 33.2 Å². The normalized spacial score (nSPS) is 16.0. The van der Waals surface area contributed by atoms with E-state index < -0.39 is 41.8 Å². The first-order valence-electron chi connectivity index (χ1n) is 7.94. The number of hydrogen-bond acceptors (Lipinski definition) is 4. The summed E-state index contributed by atoms with van der Waals surface area (Å²) in [5.41, 5.74) is -1.80. The molecule has 6 nitrogen and oxygen atoms in total. The number of anilines is 1. The Balaban J connectivity index is 1.96. The Kier molecular flexibility index (Phi) is 5.59. The monoisotopic (exact) mass is 443 g/mol. The molecule has 0 bridgehead atoms. The number of carbonyl (C=O) groups excluding carboxylic acids is 2. The van der Waals surface area contributed by atoms with Crippen LogP contribution in [0.3, 0.4) is 0 Å². The SMILES string of the molecule is N#Cc1ccc(NC(=O)C2NC(=O)COc3c2ccc(Cl)c3Cl)cc1C(F)(F)F. The zero-order valence-corrected chi connectivity index (χ0v) is 15.7. The lowest BCUT2D eigenvalue weighted by Gasteiger charge is -2.19. The van der Waals surface area contributed by atoms with Crippen molar-refractivity contribution in [3.05, 3.63) is 57.1 Å². The van der Waals surface area contributed by atoms with Crippen molar-refractivity contribution < 1.29 is 27.5 Å². The van der Waals surface area contributed by atoms with Crippen LogP contribution < -0.4 is 15.4 Å². The first kappa shape index (κ1) is 20.8. The summed E-state index contributed by atoms with van der Waals surface area (Å²) >= 11 is 12.0. The zero-order chi connectivity index (χ0) is 21.3. The molecule has 0 aromatic heterocycles. The number of halogens is 5. The van der Waals surface area contributed by atoms with Gasteiger partial charge in [-0.3, -0.25) is 9.59 Å². The molecule has 1 unspecified atom stereocenters. The van der Waals surface area contributed by atoms with Gasteiger partial charge in [0, 0.05) is 11.3 Å². The van der Waals surface area contributed by atoms with E-state index in [0.29, 0.717) is 6.07 Å². The highest BCUT2D eigenvalue weighted by Gasteiger charge is 2.35. The van der Waals surface area contributed by atoms with Gasteiger partial charge in [0.25, 0.3) is 11.8 Å². The number of nitrogens with zero attached hydrogens (tertiary/aromatic N) is 1. The Labute approximate surface area is 172 Å². The van der Waals surface area contributed by atoms with E-state index in [1.807, 2.05) is 0 Å². The second-order valence-electron chi connectivity index (χ2n) is 5.93. The number of ether oxygens (including phenoxy) is 1. The minimum absolute atomic E-state index is 0.00352. The summed E-state index contributed by atoms with van der Waals surface area (Å²) in [7, 11) is 0. The first-order valence-corrected chi connectivity index (χ1v) is 8.69. The van der Waals surface area contributed by atoms with Crippen molar-refractivity contribution in [1.29, 1.82) is 5.26 Å². The topological polar surface area (TPSA) is 91.2 Å². The number of carbonyl (C=O) groups is 2. The summed E-state index contributed by atoms with van der Waals surface area (Å²) in [6.45, 7) is -0.425. The molecule has 0 saturated heterocycles. The van der Waals surface area contributed by atoms with Crippen LogP contribution in [0.2, 0.25) is 10.0 Å². The minimum atomic E-state index is -4.78. The van der Waals surface area contributed by atoms with Crippen molar-refractivity contribution in [3.8, 4) is 11.8 Å². The van der Waals surface area contributed by atoms with Gasteiger partial charge in [0.15, 0.2) is 6.61 Å². The van der Waals surface area contributed by atoms with Gasteiger partial charge in [0.05, 0.1) is 22.2 Å². The second-order valence-corrected chi connectivity index (χ2v) is 6.71. The Morgan fingerprint density at radius 1 is 1.28 bits per heavy atom. The number of amides is 2. The summed E-state index contributed by atoms with van der Waals surface area (Å²) in [4.78, 5) is 24.6. The molecular formula is C18H10Cl2F3N3O3. The molecule has 29 heavy (non-hydrogen) atoms. The molecule has 1 heterocycles. The number of benzene rings is 2. The van der Waals surface area contributed by atoms with Crippen molar-refractivity contribution in [2.45, 2.75) is 12.2 Å². The van der Waals surface area contributed by atoms with Crippen LogP contribution in [-0.2, 0) is 15.8 Å².